The highest BCUT2D eigenvalue weighted by Gasteiger charge is 2.45. The fourth-order valence-electron chi connectivity index (χ4n) is 0.745. The molecule has 0 saturated carbocycles. The first-order valence-corrected chi connectivity index (χ1v) is 4.11. The molecule has 1 unspecified atom stereocenters. The van der Waals surface area contributed by atoms with Gasteiger partial charge in [-0.3, -0.25) is 10.1 Å². The molecule has 1 N–H and O–H groups in total. The fourth-order valence-corrected chi connectivity index (χ4v) is 0.745. The molecule has 3 nitrogen and oxygen atoms in total. The Balaban J connectivity index is 2.12. The Kier molecular flexibility index (Phi) is 2.49. The summed E-state index contributed by atoms with van der Waals surface area (Å²) in [6, 6.07) is 0. The van der Waals surface area contributed by atoms with Gasteiger partial charge in [-0.25, -0.2) is 0 Å². The van der Waals surface area contributed by atoms with Gasteiger partial charge in [0, 0.05) is 6.54 Å². The predicted octanol–water partition coefficient (Wildman–Crippen LogP) is 0.692. The van der Waals surface area contributed by atoms with Gasteiger partial charge in [-0.1, -0.05) is 13.3 Å². The smallest absolute Gasteiger partial charge is 0.327 e. The van der Waals surface area contributed by atoms with Crippen LogP contribution in [0.4, 0.5) is 0 Å². The maximum Gasteiger partial charge on any atom is 0.327 e. The molecule has 1 aliphatic heterocycles. The lowest BCUT2D eigenvalue weighted by atomic mass is 10.2. The average molecular weight is 157 g/mol. The van der Waals surface area contributed by atoms with Crippen molar-refractivity contribution in [3.05, 3.63) is 0 Å². The van der Waals surface area contributed by atoms with Crippen molar-refractivity contribution in [2.45, 2.75) is 32.2 Å². The Hall–Kier alpha value is -0.570. The number of hydrogen-bond acceptors (Lipinski definition) is 3. The normalized spacial score (nSPS) is 28.2. The van der Waals surface area contributed by atoms with Crippen LogP contribution < -0.4 is 5.32 Å². The molecule has 0 spiro atoms. The van der Waals surface area contributed by atoms with Crippen LogP contribution in [-0.2, 0) is 9.53 Å². The van der Waals surface area contributed by atoms with E-state index in [1.54, 1.807) is 0 Å². The van der Waals surface area contributed by atoms with E-state index >= 15 is 0 Å². The maximum absolute atomic E-state index is 11.1. The van der Waals surface area contributed by atoms with E-state index in [0.29, 0.717) is 6.61 Å². The molecule has 0 aromatic carbocycles. The van der Waals surface area contributed by atoms with Crippen LogP contribution in [0.25, 0.3) is 0 Å². The summed E-state index contributed by atoms with van der Waals surface area (Å²) >= 11 is 0. The van der Waals surface area contributed by atoms with E-state index in [-0.39, 0.29) is 11.5 Å². The molecule has 1 heterocycles. The molecular weight excluding hydrogens is 142 g/mol. The van der Waals surface area contributed by atoms with E-state index in [4.69, 9.17) is 4.74 Å². The molecule has 3 heteroatoms. The van der Waals surface area contributed by atoms with Gasteiger partial charge >= 0.3 is 5.97 Å². The number of carbonyl (C=O) groups excluding carboxylic acids is 1. The van der Waals surface area contributed by atoms with Crippen molar-refractivity contribution in [3.63, 3.8) is 0 Å². The first-order valence-electron chi connectivity index (χ1n) is 4.11. The third kappa shape index (κ3) is 2.19. The molecule has 1 saturated heterocycles. The van der Waals surface area contributed by atoms with E-state index < -0.39 is 0 Å². The van der Waals surface area contributed by atoms with E-state index in [0.717, 1.165) is 19.4 Å². The van der Waals surface area contributed by atoms with Crippen LogP contribution in [0.5, 0.6) is 0 Å². The van der Waals surface area contributed by atoms with Crippen LogP contribution in [0.3, 0.4) is 0 Å². The van der Waals surface area contributed by atoms with Crippen LogP contribution in [-0.4, -0.2) is 24.7 Å². The number of carbonyl (C=O) groups is 1. The van der Waals surface area contributed by atoms with Crippen molar-refractivity contribution in [2.24, 2.45) is 0 Å². The van der Waals surface area contributed by atoms with E-state index in [1.165, 1.54) is 0 Å². The van der Waals surface area contributed by atoms with Gasteiger partial charge in [0.1, 0.15) is 5.54 Å². The highest BCUT2D eigenvalue weighted by atomic mass is 16.5. The van der Waals surface area contributed by atoms with Gasteiger partial charge in [0.05, 0.1) is 6.61 Å². The van der Waals surface area contributed by atoms with Crippen molar-refractivity contribution in [1.29, 1.82) is 0 Å². The minimum Gasteiger partial charge on any atom is -0.464 e. The molecule has 1 atom stereocenters. The van der Waals surface area contributed by atoms with Crippen LogP contribution >= 0.6 is 0 Å². The minimum atomic E-state index is -0.353. The number of esters is 1. The molecule has 1 rings (SSSR count). The summed E-state index contributed by atoms with van der Waals surface area (Å²) in [6.45, 7) is 5.26. The summed E-state index contributed by atoms with van der Waals surface area (Å²) in [5.74, 6) is -0.106. The van der Waals surface area contributed by atoms with E-state index in [1.807, 2.05) is 6.92 Å². The molecule has 11 heavy (non-hydrogen) atoms. The standard InChI is InChI=1S/C8H15NO2/c1-3-4-5-11-7(10)8(2)6-9-8/h9H,3-6H2,1-2H3. The molecule has 64 valence electrons. The maximum atomic E-state index is 11.1. The molecule has 1 aliphatic rings. The van der Waals surface area contributed by atoms with E-state index in [2.05, 4.69) is 12.2 Å². The number of nitrogens with one attached hydrogen (secondary N) is 1. The first-order chi connectivity index (χ1) is 5.19. The largest absolute Gasteiger partial charge is 0.464 e. The van der Waals surface area contributed by atoms with Crippen LogP contribution in [0.1, 0.15) is 26.7 Å². The zero-order valence-corrected chi connectivity index (χ0v) is 7.14. The van der Waals surface area contributed by atoms with Crippen molar-refractivity contribution < 1.29 is 9.53 Å². The summed E-state index contributed by atoms with van der Waals surface area (Å²) < 4.78 is 5.01. The molecular formula is C8H15NO2. The molecule has 0 amide bonds. The van der Waals surface area contributed by atoms with E-state index in [9.17, 15) is 4.79 Å². The zero-order valence-electron chi connectivity index (χ0n) is 7.14. The van der Waals surface area contributed by atoms with Gasteiger partial charge in [-0.05, 0) is 13.3 Å². The third-order valence-corrected chi connectivity index (χ3v) is 1.89. The second-order valence-corrected chi connectivity index (χ2v) is 3.18. The lowest BCUT2D eigenvalue weighted by Crippen LogP contribution is -2.26. The highest BCUT2D eigenvalue weighted by molar-refractivity contribution is 5.84. The summed E-state index contributed by atoms with van der Waals surface area (Å²) in [5.41, 5.74) is -0.353. The van der Waals surface area contributed by atoms with Crippen molar-refractivity contribution in [2.75, 3.05) is 13.2 Å². The van der Waals surface area contributed by atoms with Crippen LogP contribution in [0, 0.1) is 0 Å². The molecule has 0 radical (unpaired) electrons. The Morgan fingerprint density at radius 1 is 1.73 bits per heavy atom. The van der Waals surface area contributed by atoms with Gasteiger partial charge in [-0.15, -0.1) is 0 Å². The van der Waals surface area contributed by atoms with Crippen molar-refractivity contribution >= 4 is 5.97 Å². The third-order valence-electron chi connectivity index (χ3n) is 1.89. The van der Waals surface area contributed by atoms with Crippen LogP contribution in [0.15, 0.2) is 0 Å². The fraction of sp³-hybridized carbons (Fsp3) is 0.875. The van der Waals surface area contributed by atoms with Gasteiger partial charge in [-0.2, -0.15) is 0 Å². The minimum absolute atomic E-state index is 0.106. The monoisotopic (exact) mass is 157 g/mol. The van der Waals surface area contributed by atoms with Gasteiger partial charge < -0.3 is 4.74 Å². The van der Waals surface area contributed by atoms with Crippen LogP contribution in [0.2, 0.25) is 0 Å². The average Bonchev–Trinajstić information content (AvgIpc) is 2.70. The number of ether oxygens (including phenoxy) is 1. The summed E-state index contributed by atoms with van der Waals surface area (Å²) in [5, 5.41) is 2.96. The molecule has 0 aromatic heterocycles. The van der Waals surface area contributed by atoms with Gasteiger partial charge in [0.2, 0.25) is 0 Å². The quantitative estimate of drug-likeness (QED) is 0.371. The molecule has 1 fully saturated rings. The molecule has 0 bridgehead atoms. The lowest BCUT2D eigenvalue weighted by Gasteiger charge is -2.06. The summed E-state index contributed by atoms with van der Waals surface area (Å²) in [7, 11) is 0. The lowest BCUT2D eigenvalue weighted by molar-refractivity contribution is -0.146. The predicted molar refractivity (Wildman–Crippen MR) is 42.3 cm³/mol. The second-order valence-electron chi connectivity index (χ2n) is 3.18. The van der Waals surface area contributed by atoms with Crippen molar-refractivity contribution in [1.82, 2.24) is 5.32 Å². The first kappa shape index (κ1) is 8.53. The zero-order chi connectivity index (χ0) is 8.32. The summed E-state index contributed by atoms with van der Waals surface area (Å²) in [6.07, 6.45) is 2.03. The topological polar surface area (TPSA) is 48.2 Å². The second kappa shape index (κ2) is 3.22. The van der Waals surface area contributed by atoms with Gasteiger partial charge in [0.25, 0.3) is 0 Å². The Bertz CT molecular complexity index is 152. The number of unbranched alkanes of at least 4 members (excludes halogenated alkanes) is 1. The highest BCUT2D eigenvalue weighted by Crippen LogP contribution is 2.17. The Morgan fingerprint density at radius 3 is 2.82 bits per heavy atom. The molecule has 0 aromatic rings. The Labute approximate surface area is 67.1 Å². The SMILES string of the molecule is CCCCOC(=O)C1(C)CN1. The van der Waals surface area contributed by atoms with Gasteiger partial charge in [0.15, 0.2) is 0 Å². The molecule has 0 aliphatic carbocycles. The number of rotatable bonds is 4. The Morgan fingerprint density at radius 2 is 2.36 bits per heavy atom. The number of hydrogen-bond donors (Lipinski definition) is 1. The summed E-state index contributed by atoms with van der Waals surface area (Å²) in [4.78, 5) is 11.1. The van der Waals surface area contributed by atoms with Crippen molar-refractivity contribution in [3.8, 4) is 0 Å².